The van der Waals surface area contributed by atoms with Gasteiger partial charge in [0.2, 0.25) is 11.1 Å². The molecule has 16 heteroatoms. The van der Waals surface area contributed by atoms with Crippen molar-refractivity contribution < 1.29 is 34.0 Å². The highest BCUT2D eigenvalue weighted by Crippen LogP contribution is 2.31. The zero-order valence-electron chi connectivity index (χ0n) is 24.6. The van der Waals surface area contributed by atoms with E-state index in [1.54, 1.807) is 22.8 Å². The van der Waals surface area contributed by atoms with Crippen LogP contribution in [-0.2, 0) is 20.9 Å². The fraction of sp³-hybridized carbons (Fsp3) is 0.267. The third-order valence-electron chi connectivity index (χ3n) is 7.44. The van der Waals surface area contributed by atoms with Crippen LogP contribution in [0.25, 0.3) is 33.5 Å². The second kappa shape index (κ2) is 13.3. The number of hydrazine groups is 1. The molecule has 6 rings (SSSR count). The second-order valence-electron chi connectivity index (χ2n) is 10.2. The van der Waals surface area contributed by atoms with Crippen molar-refractivity contribution in [1.82, 2.24) is 35.2 Å². The molecule has 0 radical (unpaired) electrons. The Morgan fingerprint density at radius 3 is 2.65 bits per heavy atom. The van der Waals surface area contributed by atoms with Gasteiger partial charge >= 0.3 is 11.9 Å². The van der Waals surface area contributed by atoms with Gasteiger partial charge in [0.1, 0.15) is 0 Å². The molecular formula is C30H29N9O7. The Bertz CT molecular complexity index is 1870. The number of nitrogens with one attached hydrogen (secondary N) is 1. The van der Waals surface area contributed by atoms with Crippen LogP contribution in [0.4, 0.5) is 0 Å². The number of aliphatic carboxylic acids is 1. The maximum absolute atomic E-state index is 13.2. The third-order valence-corrected chi connectivity index (χ3v) is 7.44. The van der Waals surface area contributed by atoms with Crippen molar-refractivity contribution in [2.45, 2.75) is 32.4 Å². The number of hydrogen-bond acceptors (Lipinski definition) is 11. The molecular weight excluding hydrogens is 598 g/mol. The van der Waals surface area contributed by atoms with Crippen LogP contribution < -0.4 is 4.74 Å². The highest BCUT2D eigenvalue weighted by Gasteiger charge is 2.37. The largest absolute Gasteiger partial charge is 0.569 e. The number of nitrogens with zero attached hydrogens (tertiary/aromatic N) is 8. The Kier molecular flexibility index (Phi) is 8.66. The summed E-state index contributed by atoms with van der Waals surface area (Å²) in [5.74, 6) is -1.37. The molecule has 0 bridgehead atoms. The fourth-order valence-electron chi connectivity index (χ4n) is 5.38. The van der Waals surface area contributed by atoms with E-state index in [0.29, 0.717) is 48.9 Å². The van der Waals surface area contributed by atoms with E-state index >= 15 is 0 Å². The third kappa shape index (κ3) is 6.12. The van der Waals surface area contributed by atoms with Gasteiger partial charge in [0.05, 0.1) is 41.3 Å². The number of carbonyl (C=O) groups excluding carboxylic acids is 1. The first-order chi connectivity index (χ1) is 22.4. The zero-order chi connectivity index (χ0) is 32.0. The van der Waals surface area contributed by atoms with Crippen molar-refractivity contribution in [3.8, 4) is 28.5 Å². The van der Waals surface area contributed by atoms with E-state index in [1.165, 1.54) is 0 Å². The van der Waals surface area contributed by atoms with Crippen molar-refractivity contribution in [3.05, 3.63) is 83.1 Å². The predicted octanol–water partition coefficient (Wildman–Crippen LogP) is 3.80. The number of carbonyl (C=O) groups is 2. The van der Waals surface area contributed by atoms with Gasteiger partial charge in [-0.25, -0.2) is 9.59 Å². The minimum absolute atomic E-state index is 0.0684. The molecule has 1 atom stereocenters. The number of esters is 1. The molecule has 1 unspecified atom stereocenters. The number of rotatable bonds is 12. The molecule has 1 aliphatic heterocycles. The first-order valence-electron chi connectivity index (χ1n) is 14.5. The summed E-state index contributed by atoms with van der Waals surface area (Å²) in [7, 11) is 0. The van der Waals surface area contributed by atoms with Gasteiger partial charge in [-0.1, -0.05) is 54.6 Å². The van der Waals surface area contributed by atoms with Crippen molar-refractivity contribution in [1.29, 1.82) is 0 Å². The van der Waals surface area contributed by atoms with E-state index in [1.807, 2.05) is 55.5 Å². The minimum atomic E-state index is -1.13. The predicted molar refractivity (Wildman–Crippen MR) is 160 cm³/mol. The number of para-hydroxylation sites is 1. The van der Waals surface area contributed by atoms with Crippen molar-refractivity contribution in [2.75, 3.05) is 19.9 Å². The average Bonchev–Trinajstić information content (AvgIpc) is 3.85. The summed E-state index contributed by atoms with van der Waals surface area (Å²) < 4.78 is 12.9. The lowest BCUT2D eigenvalue weighted by molar-refractivity contribution is -0.712. The monoisotopic (exact) mass is 627 g/mol. The van der Waals surface area contributed by atoms with Crippen LogP contribution in [0.3, 0.4) is 0 Å². The summed E-state index contributed by atoms with van der Waals surface area (Å²) in [4.78, 5) is 34.1. The van der Waals surface area contributed by atoms with E-state index < -0.39 is 24.8 Å². The molecule has 0 spiro atoms. The molecule has 16 nitrogen and oxygen atoms in total. The van der Waals surface area contributed by atoms with Gasteiger partial charge in [0, 0.05) is 5.56 Å². The van der Waals surface area contributed by atoms with Gasteiger partial charge in [0.15, 0.2) is 6.04 Å². The average molecular weight is 628 g/mol. The number of ether oxygens (including phenoxy) is 2. The topological polar surface area (TPSA) is 196 Å². The zero-order valence-corrected chi connectivity index (χ0v) is 24.6. The van der Waals surface area contributed by atoms with Crippen LogP contribution in [0.2, 0.25) is 0 Å². The quantitative estimate of drug-likeness (QED) is 0.0508. The number of imidazole rings is 1. The smallest absolute Gasteiger partial charge is 0.343 e. The Balaban J connectivity index is 1.21. The molecule has 2 N–H and O–H groups in total. The van der Waals surface area contributed by atoms with E-state index in [-0.39, 0.29) is 17.1 Å². The minimum Gasteiger partial charge on any atom is -0.569 e. The number of benzene rings is 3. The van der Waals surface area contributed by atoms with E-state index in [9.17, 15) is 19.9 Å². The van der Waals surface area contributed by atoms with Crippen LogP contribution in [0.15, 0.2) is 72.0 Å². The molecule has 3 heterocycles. The van der Waals surface area contributed by atoms with Crippen LogP contribution >= 0.6 is 0 Å². The molecule has 236 valence electrons. The van der Waals surface area contributed by atoms with E-state index in [2.05, 4.69) is 30.9 Å². The van der Waals surface area contributed by atoms with Gasteiger partial charge in [-0.3, -0.25) is 4.57 Å². The Labute approximate surface area is 261 Å². The lowest BCUT2D eigenvalue weighted by Crippen LogP contribution is -2.40. The Hall–Kier alpha value is -6.06. The maximum Gasteiger partial charge on any atom is 0.343 e. The molecule has 0 aliphatic carbocycles. The molecule has 1 saturated heterocycles. The Morgan fingerprint density at radius 1 is 1.11 bits per heavy atom. The summed E-state index contributed by atoms with van der Waals surface area (Å²) in [5.41, 5.74) is 4.88. The number of hydrogen-bond donors (Lipinski definition) is 2. The van der Waals surface area contributed by atoms with Crippen LogP contribution in [-0.4, -0.2) is 83.2 Å². The number of fused-ring (bicyclic) bond motifs is 1. The number of carboxylic acid groups (broad SMARTS) is 1. The normalized spacial score (nSPS) is 14.8. The molecule has 46 heavy (non-hydrogen) atoms. The maximum atomic E-state index is 13.2. The highest BCUT2D eigenvalue weighted by atomic mass is 16.8. The lowest BCUT2D eigenvalue weighted by Gasteiger charge is -2.16. The van der Waals surface area contributed by atoms with Gasteiger partial charge in [-0.05, 0) is 53.8 Å². The number of aromatic amines is 1. The van der Waals surface area contributed by atoms with Crippen LogP contribution in [0, 0.1) is 5.21 Å². The van der Waals surface area contributed by atoms with Crippen LogP contribution in [0.1, 0.15) is 35.7 Å². The Morgan fingerprint density at radius 2 is 1.91 bits per heavy atom. The standard InChI is InChI=1S/C30H29N9O7/c1-2-44-30-31-24-10-5-9-23(29(42)45-18-46-36-39(43)38-16-6-11-25(38)28(40)41)26(24)37(30)17-19-12-14-20(15-13-19)21-7-3-4-8-22(21)27-32-34-35-33-27/h3-5,7-10,12-15,25H,2,6,11,16-18H2,1H3,(H,40,41)(H,32,33,34,35)/b39-36+. The van der Waals surface area contributed by atoms with E-state index in [4.69, 9.17) is 14.3 Å². The summed E-state index contributed by atoms with van der Waals surface area (Å²) in [5, 5.41) is 40.2. The van der Waals surface area contributed by atoms with Gasteiger partial charge in [0.25, 0.3) is 12.8 Å². The molecule has 1 fully saturated rings. The van der Waals surface area contributed by atoms with Gasteiger partial charge < -0.3 is 24.6 Å². The molecule has 0 saturated carbocycles. The summed E-state index contributed by atoms with van der Waals surface area (Å²) in [6.45, 7) is 2.09. The number of H-pyrrole nitrogens is 1. The van der Waals surface area contributed by atoms with Gasteiger partial charge in [-0.2, -0.15) is 10.2 Å². The van der Waals surface area contributed by atoms with Crippen LogP contribution in [0.5, 0.6) is 6.01 Å². The summed E-state index contributed by atoms with van der Waals surface area (Å²) in [6.07, 6.45) is 0.848. The molecule has 0 amide bonds. The summed E-state index contributed by atoms with van der Waals surface area (Å²) >= 11 is 0. The van der Waals surface area contributed by atoms with Gasteiger partial charge in [-0.15, -0.1) is 15.2 Å². The second-order valence-corrected chi connectivity index (χ2v) is 10.2. The van der Waals surface area contributed by atoms with Crippen molar-refractivity contribution >= 4 is 23.0 Å². The number of tetrazole rings is 1. The number of carboxylic acids is 1. The molecule has 3 aromatic carbocycles. The lowest BCUT2D eigenvalue weighted by atomic mass is 9.98. The first kappa shape index (κ1) is 30.0. The molecule has 5 aromatic rings. The van der Waals surface area contributed by atoms with Crippen molar-refractivity contribution in [2.24, 2.45) is 5.28 Å². The van der Waals surface area contributed by atoms with E-state index in [0.717, 1.165) is 27.3 Å². The number of aromatic nitrogens is 6. The highest BCUT2D eigenvalue weighted by molar-refractivity contribution is 6.02. The molecule has 1 aliphatic rings. The first-order valence-corrected chi connectivity index (χ1v) is 14.5. The SMILES string of the molecule is CCOc1nc2cccc(C(=O)OCO/N=[N+](/[O-])N3CCCC3C(=O)O)c2n1Cc1ccc(-c2ccccc2-c2nn[nH]n2)cc1. The molecule has 2 aromatic heterocycles. The van der Waals surface area contributed by atoms with Crippen molar-refractivity contribution in [3.63, 3.8) is 0 Å². The summed E-state index contributed by atoms with van der Waals surface area (Å²) in [6, 6.07) is 20.1. The fourth-order valence-corrected chi connectivity index (χ4v) is 5.38.